The Hall–Kier alpha value is -1.62. The number of benzene rings is 1. The number of nitrogens with one attached hydrogen (secondary N) is 1. The third kappa shape index (κ3) is 3.67. The smallest absolute Gasteiger partial charge is 0.217 e. The molecule has 0 atom stereocenters. The van der Waals surface area contributed by atoms with E-state index in [1.54, 1.807) is 12.1 Å². The van der Waals surface area contributed by atoms with Crippen molar-refractivity contribution in [3.8, 4) is 0 Å². The lowest BCUT2D eigenvalue weighted by Crippen LogP contribution is -2.43. The molecule has 2 rings (SSSR count). The normalized spacial score (nSPS) is 17.4. The lowest BCUT2D eigenvalue weighted by molar-refractivity contribution is -0.119. The first-order chi connectivity index (χ1) is 9.06. The van der Waals surface area contributed by atoms with Crippen LogP contribution < -0.4 is 11.1 Å². The van der Waals surface area contributed by atoms with Crippen molar-refractivity contribution < 1.29 is 9.18 Å². The minimum absolute atomic E-state index is 0.0109. The zero-order valence-electron chi connectivity index (χ0n) is 11.2. The zero-order valence-corrected chi connectivity index (χ0v) is 11.2. The summed E-state index contributed by atoms with van der Waals surface area (Å²) in [7, 11) is 0. The summed E-state index contributed by atoms with van der Waals surface area (Å²) < 4.78 is 13.7. The second-order valence-corrected chi connectivity index (χ2v) is 5.06. The molecule has 0 unspecified atom stereocenters. The van der Waals surface area contributed by atoms with Crippen LogP contribution in [0.1, 0.15) is 25.3 Å². The van der Waals surface area contributed by atoms with E-state index in [4.69, 9.17) is 5.73 Å². The molecule has 19 heavy (non-hydrogen) atoms. The Balaban J connectivity index is 1.91. The van der Waals surface area contributed by atoms with Crippen LogP contribution in [0.5, 0.6) is 0 Å². The van der Waals surface area contributed by atoms with Crippen LogP contribution in [0.4, 0.5) is 10.1 Å². The van der Waals surface area contributed by atoms with Gasteiger partial charge in [0.05, 0.1) is 0 Å². The fourth-order valence-electron chi connectivity index (χ4n) is 2.49. The standard InChI is InChI=1S/C14H20FN3O/c1-10(19)17-11-5-7-18(8-6-11)9-12-13(15)3-2-4-14(12)16/h2-4,11H,5-9,16H2,1H3,(H,17,19). The Morgan fingerprint density at radius 3 is 2.74 bits per heavy atom. The number of anilines is 1. The Bertz CT molecular complexity index is 436. The quantitative estimate of drug-likeness (QED) is 0.814. The summed E-state index contributed by atoms with van der Waals surface area (Å²) in [5, 5.41) is 2.92. The van der Waals surface area contributed by atoms with Gasteiger partial charge in [0.2, 0.25) is 5.91 Å². The van der Waals surface area contributed by atoms with Crippen molar-refractivity contribution in [2.75, 3.05) is 18.8 Å². The third-order valence-electron chi connectivity index (χ3n) is 3.53. The van der Waals surface area contributed by atoms with E-state index in [1.165, 1.54) is 13.0 Å². The summed E-state index contributed by atoms with van der Waals surface area (Å²) in [6, 6.07) is 5.03. The number of nitrogens with two attached hydrogens (primary N) is 1. The van der Waals surface area contributed by atoms with Crippen LogP contribution in [0.25, 0.3) is 0 Å². The molecular formula is C14H20FN3O. The number of rotatable bonds is 3. The second kappa shape index (κ2) is 6.02. The fourth-order valence-corrected chi connectivity index (χ4v) is 2.49. The average Bonchev–Trinajstić information content (AvgIpc) is 2.35. The first-order valence-electron chi connectivity index (χ1n) is 6.58. The van der Waals surface area contributed by atoms with Crippen molar-refractivity contribution in [1.29, 1.82) is 0 Å². The van der Waals surface area contributed by atoms with Gasteiger partial charge < -0.3 is 11.1 Å². The molecule has 1 aliphatic heterocycles. The van der Waals surface area contributed by atoms with Crippen molar-refractivity contribution in [3.05, 3.63) is 29.6 Å². The first-order valence-corrected chi connectivity index (χ1v) is 6.58. The molecule has 0 radical (unpaired) electrons. The van der Waals surface area contributed by atoms with Gasteiger partial charge in [0.1, 0.15) is 5.82 Å². The summed E-state index contributed by atoms with van der Waals surface area (Å²) in [5.74, 6) is -0.235. The van der Waals surface area contributed by atoms with E-state index in [1.807, 2.05) is 0 Å². The van der Waals surface area contributed by atoms with Gasteiger partial charge >= 0.3 is 0 Å². The minimum Gasteiger partial charge on any atom is -0.398 e. The minimum atomic E-state index is -0.246. The average molecular weight is 265 g/mol. The molecule has 1 aliphatic rings. The van der Waals surface area contributed by atoms with Crippen LogP contribution in [-0.2, 0) is 11.3 Å². The Morgan fingerprint density at radius 1 is 1.47 bits per heavy atom. The second-order valence-electron chi connectivity index (χ2n) is 5.06. The van der Waals surface area contributed by atoms with Crippen molar-refractivity contribution in [3.63, 3.8) is 0 Å². The highest BCUT2D eigenvalue weighted by Gasteiger charge is 2.21. The zero-order chi connectivity index (χ0) is 13.8. The van der Waals surface area contributed by atoms with Gasteiger partial charge in [-0.3, -0.25) is 9.69 Å². The van der Waals surface area contributed by atoms with E-state index < -0.39 is 0 Å². The predicted octanol–water partition coefficient (Wildman–Crippen LogP) is 1.51. The molecule has 0 spiro atoms. The van der Waals surface area contributed by atoms with Gasteiger partial charge in [0.25, 0.3) is 0 Å². The molecular weight excluding hydrogens is 245 g/mol. The number of hydrogen-bond acceptors (Lipinski definition) is 3. The SMILES string of the molecule is CC(=O)NC1CCN(Cc2c(N)cccc2F)CC1. The van der Waals surface area contributed by atoms with Crippen LogP contribution in [0.3, 0.4) is 0 Å². The van der Waals surface area contributed by atoms with Crippen LogP contribution >= 0.6 is 0 Å². The summed E-state index contributed by atoms with van der Waals surface area (Å²) in [6.45, 7) is 3.76. The molecule has 1 aromatic carbocycles. The molecule has 4 nitrogen and oxygen atoms in total. The fraction of sp³-hybridized carbons (Fsp3) is 0.500. The first kappa shape index (κ1) is 13.8. The van der Waals surface area contributed by atoms with Gasteiger partial charge in [-0.1, -0.05) is 6.07 Å². The molecule has 1 saturated heterocycles. The molecule has 3 N–H and O–H groups in total. The maximum absolute atomic E-state index is 13.7. The number of carbonyl (C=O) groups is 1. The molecule has 5 heteroatoms. The number of carbonyl (C=O) groups excluding carboxylic acids is 1. The predicted molar refractivity (Wildman–Crippen MR) is 72.9 cm³/mol. The van der Waals surface area contributed by atoms with Crippen LogP contribution in [0.15, 0.2) is 18.2 Å². The number of nitrogen functional groups attached to an aromatic ring is 1. The molecule has 1 amide bonds. The summed E-state index contributed by atoms with van der Waals surface area (Å²) >= 11 is 0. The van der Waals surface area contributed by atoms with Gasteiger partial charge in [-0.2, -0.15) is 0 Å². The highest BCUT2D eigenvalue weighted by atomic mass is 19.1. The summed E-state index contributed by atoms with van der Waals surface area (Å²) in [6.07, 6.45) is 1.79. The van der Waals surface area contributed by atoms with Gasteiger partial charge in [0.15, 0.2) is 0 Å². The van der Waals surface area contributed by atoms with Gasteiger partial charge in [-0.25, -0.2) is 4.39 Å². The molecule has 0 aliphatic carbocycles. The van der Waals surface area contributed by atoms with Crippen LogP contribution in [0.2, 0.25) is 0 Å². The molecule has 104 valence electrons. The van der Waals surface area contributed by atoms with E-state index >= 15 is 0 Å². The Labute approximate surface area is 112 Å². The third-order valence-corrected chi connectivity index (χ3v) is 3.53. The van der Waals surface area contributed by atoms with Gasteiger partial charge in [0, 0.05) is 43.9 Å². The monoisotopic (exact) mass is 265 g/mol. The molecule has 1 aromatic rings. The number of likely N-dealkylation sites (tertiary alicyclic amines) is 1. The lowest BCUT2D eigenvalue weighted by atomic mass is 10.0. The van der Waals surface area contributed by atoms with E-state index in [9.17, 15) is 9.18 Å². The molecule has 1 fully saturated rings. The Kier molecular flexibility index (Phi) is 4.37. The Morgan fingerprint density at radius 2 is 2.16 bits per heavy atom. The highest BCUT2D eigenvalue weighted by Crippen LogP contribution is 2.20. The number of piperidine rings is 1. The van der Waals surface area contributed by atoms with Crippen molar-refractivity contribution in [1.82, 2.24) is 10.2 Å². The van der Waals surface area contributed by atoms with E-state index in [-0.39, 0.29) is 17.8 Å². The lowest BCUT2D eigenvalue weighted by Gasteiger charge is -2.32. The van der Waals surface area contributed by atoms with Crippen LogP contribution in [-0.4, -0.2) is 29.9 Å². The topological polar surface area (TPSA) is 58.4 Å². The number of nitrogens with zero attached hydrogens (tertiary/aromatic N) is 1. The summed E-state index contributed by atoms with van der Waals surface area (Å²) in [5.41, 5.74) is 6.88. The number of hydrogen-bond donors (Lipinski definition) is 2. The molecule has 0 bridgehead atoms. The van der Waals surface area contributed by atoms with E-state index in [0.717, 1.165) is 25.9 Å². The van der Waals surface area contributed by atoms with Crippen molar-refractivity contribution in [2.45, 2.75) is 32.4 Å². The number of amides is 1. The van der Waals surface area contributed by atoms with Crippen molar-refractivity contribution >= 4 is 11.6 Å². The molecule has 0 saturated carbocycles. The van der Waals surface area contributed by atoms with E-state index in [2.05, 4.69) is 10.2 Å². The largest absolute Gasteiger partial charge is 0.398 e. The van der Waals surface area contributed by atoms with Crippen LogP contribution in [0, 0.1) is 5.82 Å². The summed E-state index contributed by atoms with van der Waals surface area (Å²) in [4.78, 5) is 13.2. The maximum atomic E-state index is 13.7. The van der Waals surface area contributed by atoms with E-state index in [0.29, 0.717) is 17.8 Å². The maximum Gasteiger partial charge on any atom is 0.217 e. The van der Waals surface area contributed by atoms with Gasteiger partial charge in [-0.05, 0) is 25.0 Å². The highest BCUT2D eigenvalue weighted by molar-refractivity contribution is 5.73. The number of halogens is 1. The van der Waals surface area contributed by atoms with Crippen molar-refractivity contribution in [2.24, 2.45) is 0 Å². The molecule has 1 heterocycles. The van der Waals surface area contributed by atoms with Gasteiger partial charge in [-0.15, -0.1) is 0 Å². The molecule has 0 aromatic heterocycles.